The van der Waals surface area contributed by atoms with Crippen LogP contribution in [0.15, 0.2) is 23.2 Å². The lowest BCUT2D eigenvalue weighted by atomic mass is 10.1. The predicted octanol–water partition coefficient (Wildman–Crippen LogP) is 3.25. The van der Waals surface area contributed by atoms with E-state index in [2.05, 4.69) is 52.9 Å². The van der Waals surface area contributed by atoms with Crippen LogP contribution >= 0.6 is 24.0 Å². The topological polar surface area (TPSA) is 85.6 Å². The minimum Gasteiger partial charge on any atom is -0.493 e. The van der Waals surface area contributed by atoms with Crippen molar-refractivity contribution in [1.29, 1.82) is 0 Å². The first-order valence-electron chi connectivity index (χ1n) is 10.8. The Bertz CT molecular complexity index is 849. The number of benzene rings is 1. The summed E-state index contributed by atoms with van der Waals surface area (Å²) < 4.78 is 13.6. The predicted molar refractivity (Wildman–Crippen MR) is 133 cm³/mol. The van der Waals surface area contributed by atoms with Crippen LogP contribution in [-0.4, -0.2) is 46.6 Å². The molecule has 3 rings (SSSR count). The number of rotatable bonds is 9. The van der Waals surface area contributed by atoms with E-state index in [9.17, 15) is 0 Å². The average Bonchev–Trinajstić information content (AvgIpc) is 3.37. The van der Waals surface area contributed by atoms with Gasteiger partial charge in [0, 0.05) is 25.8 Å². The van der Waals surface area contributed by atoms with Gasteiger partial charge in [0.2, 0.25) is 0 Å². The van der Waals surface area contributed by atoms with Gasteiger partial charge in [0.05, 0.1) is 25.8 Å². The Morgan fingerprint density at radius 1 is 1.29 bits per heavy atom. The van der Waals surface area contributed by atoms with E-state index >= 15 is 0 Å². The number of nitrogens with one attached hydrogen (secondary N) is 2. The van der Waals surface area contributed by atoms with Crippen molar-refractivity contribution in [1.82, 2.24) is 25.4 Å². The number of aromatic nitrogens is 3. The van der Waals surface area contributed by atoms with Gasteiger partial charge in [-0.15, -0.1) is 34.2 Å². The van der Waals surface area contributed by atoms with E-state index in [4.69, 9.17) is 14.5 Å². The molecular weight excluding hydrogens is 507 g/mol. The van der Waals surface area contributed by atoms with Crippen molar-refractivity contribution >= 4 is 29.9 Å². The molecule has 2 aromatic rings. The van der Waals surface area contributed by atoms with Crippen LogP contribution in [0, 0.1) is 13.8 Å². The zero-order chi connectivity index (χ0) is 21.3. The highest BCUT2D eigenvalue weighted by Gasteiger charge is 2.16. The quantitative estimate of drug-likeness (QED) is 0.288. The molecule has 0 amide bonds. The molecule has 1 aliphatic rings. The molecule has 1 aromatic heterocycles. The number of ether oxygens (including phenoxy) is 2. The molecule has 172 valence electrons. The van der Waals surface area contributed by atoms with Crippen LogP contribution in [0.4, 0.5) is 0 Å². The highest BCUT2D eigenvalue weighted by Crippen LogP contribution is 2.21. The van der Waals surface area contributed by atoms with Crippen LogP contribution < -0.4 is 15.4 Å². The first kappa shape index (κ1) is 25.4. The maximum atomic E-state index is 5.94. The standard InChI is InChI=1S/C22H34N6O2.HI/c1-5-10-30-20-12-16(2)8-9-18(20)13-23-22(24-14-19-7-6-11-29-19)25-15-21-27-26-17(3)28(21)4;/h8-9,12,19H,5-7,10-11,13-15H2,1-4H3,(H2,23,24,25);1H. The van der Waals surface area contributed by atoms with Gasteiger partial charge in [-0.1, -0.05) is 19.1 Å². The molecule has 1 atom stereocenters. The highest BCUT2D eigenvalue weighted by molar-refractivity contribution is 14.0. The van der Waals surface area contributed by atoms with Crippen molar-refractivity contribution in [3.8, 4) is 5.75 Å². The summed E-state index contributed by atoms with van der Waals surface area (Å²) in [7, 11) is 1.96. The molecule has 0 bridgehead atoms. The monoisotopic (exact) mass is 542 g/mol. The van der Waals surface area contributed by atoms with Crippen LogP contribution in [0.2, 0.25) is 0 Å². The second-order valence-corrected chi connectivity index (χ2v) is 7.72. The fourth-order valence-corrected chi connectivity index (χ4v) is 3.26. The molecule has 0 aliphatic carbocycles. The maximum absolute atomic E-state index is 5.94. The largest absolute Gasteiger partial charge is 0.493 e. The molecule has 0 radical (unpaired) electrons. The average molecular weight is 542 g/mol. The Morgan fingerprint density at radius 3 is 2.81 bits per heavy atom. The second-order valence-electron chi connectivity index (χ2n) is 7.72. The molecule has 0 saturated carbocycles. The summed E-state index contributed by atoms with van der Waals surface area (Å²) in [5.74, 6) is 3.38. The minimum absolute atomic E-state index is 0. The van der Waals surface area contributed by atoms with Crippen molar-refractivity contribution in [3.63, 3.8) is 0 Å². The zero-order valence-corrected chi connectivity index (χ0v) is 21.3. The summed E-state index contributed by atoms with van der Waals surface area (Å²) in [4.78, 5) is 4.81. The lowest BCUT2D eigenvalue weighted by Gasteiger charge is -2.16. The summed E-state index contributed by atoms with van der Waals surface area (Å²) in [5, 5.41) is 15.1. The number of hydrogen-bond donors (Lipinski definition) is 2. The van der Waals surface area contributed by atoms with E-state index < -0.39 is 0 Å². The van der Waals surface area contributed by atoms with Gasteiger partial charge in [0.1, 0.15) is 11.6 Å². The number of hydrogen-bond acceptors (Lipinski definition) is 5. The molecule has 1 aromatic carbocycles. The normalized spacial score (nSPS) is 16.1. The number of guanidine groups is 1. The first-order chi connectivity index (χ1) is 14.6. The van der Waals surface area contributed by atoms with Crippen molar-refractivity contribution in [3.05, 3.63) is 41.0 Å². The van der Waals surface area contributed by atoms with E-state index in [0.29, 0.717) is 19.7 Å². The van der Waals surface area contributed by atoms with Gasteiger partial charge in [0.15, 0.2) is 11.8 Å². The van der Waals surface area contributed by atoms with Crippen LogP contribution in [0.5, 0.6) is 5.75 Å². The summed E-state index contributed by atoms with van der Waals surface area (Å²) in [5.41, 5.74) is 2.25. The van der Waals surface area contributed by atoms with E-state index in [-0.39, 0.29) is 30.1 Å². The Kier molecular flexibility index (Phi) is 10.5. The lowest BCUT2D eigenvalue weighted by Crippen LogP contribution is -2.41. The van der Waals surface area contributed by atoms with Gasteiger partial charge in [-0.05, 0) is 44.7 Å². The molecule has 2 heterocycles. The maximum Gasteiger partial charge on any atom is 0.192 e. The molecule has 1 fully saturated rings. The third-order valence-corrected chi connectivity index (χ3v) is 5.21. The van der Waals surface area contributed by atoms with E-state index in [0.717, 1.165) is 61.3 Å². The van der Waals surface area contributed by atoms with Crippen molar-refractivity contribution < 1.29 is 9.47 Å². The van der Waals surface area contributed by atoms with Crippen molar-refractivity contribution in [2.24, 2.45) is 12.0 Å². The van der Waals surface area contributed by atoms with Gasteiger partial charge in [-0.2, -0.15) is 0 Å². The highest BCUT2D eigenvalue weighted by atomic mass is 127. The fraction of sp³-hybridized carbons (Fsp3) is 0.591. The third kappa shape index (κ3) is 7.64. The molecule has 1 aliphatic heterocycles. The van der Waals surface area contributed by atoms with Crippen molar-refractivity contribution in [2.45, 2.75) is 59.2 Å². The Labute approximate surface area is 202 Å². The molecule has 0 spiro atoms. The van der Waals surface area contributed by atoms with Gasteiger partial charge < -0.3 is 24.7 Å². The van der Waals surface area contributed by atoms with Gasteiger partial charge >= 0.3 is 0 Å². The Hall–Kier alpha value is -1.88. The SMILES string of the molecule is CCCOc1cc(C)ccc1CN=C(NCc1nnc(C)n1C)NCC1CCCO1.I. The lowest BCUT2D eigenvalue weighted by molar-refractivity contribution is 0.113. The summed E-state index contributed by atoms with van der Waals surface area (Å²) in [6.45, 7) is 9.47. The summed E-state index contributed by atoms with van der Waals surface area (Å²) in [6, 6.07) is 6.27. The smallest absolute Gasteiger partial charge is 0.192 e. The van der Waals surface area contributed by atoms with Crippen LogP contribution in [-0.2, 0) is 24.9 Å². The molecule has 8 nitrogen and oxygen atoms in total. The van der Waals surface area contributed by atoms with E-state index in [1.54, 1.807) is 0 Å². The Balaban J connectivity index is 0.00000341. The minimum atomic E-state index is 0. The van der Waals surface area contributed by atoms with Gasteiger partial charge in [-0.3, -0.25) is 0 Å². The number of nitrogens with zero attached hydrogens (tertiary/aromatic N) is 4. The second kappa shape index (κ2) is 12.8. The van der Waals surface area contributed by atoms with Gasteiger partial charge in [-0.25, -0.2) is 4.99 Å². The number of aliphatic imine (C=N–C) groups is 1. The van der Waals surface area contributed by atoms with Crippen LogP contribution in [0.1, 0.15) is 49.0 Å². The molecule has 31 heavy (non-hydrogen) atoms. The number of aryl methyl sites for hydroxylation is 2. The molecular formula is C22H35IN6O2. The van der Waals surface area contributed by atoms with E-state index in [1.807, 2.05) is 18.5 Å². The first-order valence-corrected chi connectivity index (χ1v) is 10.8. The molecule has 2 N–H and O–H groups in total. The fourth-order valence-electron chi connectivity index (χ4n) is 3.26. The van der Waals surface area contributed by atoms with Crippen LogP contribution in [0.25, 0.3) is 0 Å². The van der Waals surface area contributed by atoms with Gasteiger partial charge in [0.25, 0.3) is 0 Å². The molecule has 9 heteroatoms. The van der Waals surface area contributed by atoms with Crippen LogP contribution in [0.3, 0.4) is 0 Å². The summed E-state index contributed by atoms with van der Waals surface area (Å²) in [6.07, 6.45) is 3.41. The summed E-state index contributed by atoms with van der Waals surface area (Å²) >= 11 is 0. The Morgan fingerprint density at radius 2 is 2.13 bits per heavy atom. The van der Waals surface area contributed by atoms with Crippen molar-refractivity contribution in [2.75, 3.05) is 19.8 Å². The number of halogens is 1. The molecule has 1 unspecified atom stereocenters. The van der Waals surface area contributed by atoms with E-state index in [1.165, 1.54) is 5.56 Å². The molecule has 1 saturated heterocycles. The third-order valence-electron chi connectivity index (χ3n) is 5.21. The zero-order valence-electron chi connectivity index (χ0n) is 19.0.